The molecule has 0 aliphatic carbocycles. The Kier molecular flexibility index (Phi) is 5.92. The molecule has 0 saturated carbocycles. The van der Waals surface area contributed by atoms with Crippen molar-refractivity contribution in [3.8, 4) is 0 Å². The van der Waals surface area contributed by atoms with Crippen LogP contribution in [0.4, 0.5) is 4.79 Å². The van der Waals surface area contributed by atoms with Crippen molar-refractivity contribution >= 4 is 34.9 Å². The molecule has 0 spiro atoms. The van der Waals surface area contributed by atoms with Crippen LogP contribution in [0.1, 0.15) is 43.3 Å². The van der Waals surface area contributed by atoms with E-state index in [-0.39, 0.29) is 12.0 Å². The summed E-state index contributed by atoms with van der Waals surface area (Å²) in [7, 11) is 0. The van der Waals surface area contributed by atoms with Gasteiger partial charge in [0.2, 0.25) is 0 Å². The Bertz CT molecular complexity index is 560. The molecule has 7 heteroatoms. The van der Waals surface area contributed by atoms with Crippen LogP contribution in [0.25, 0.3) is 0 Å². The fourth-order valence-electron chi connectivity index (χ4n) is 2.41. The fraction of sp³-hybridized carbons (Fsp3) is 0.625. The highest BCUT2D eigenvalue weighted by molar-refractivity contribution is 7.17. The summed E-state index contributed by atoms with van der Waals surface area (Å²) in [6.45, 7) is 7.55. The van der Waals surface area contributed by atoms with Gasteiger partial charge in [0.25, 0.3) is 5.91 Å². The molecule has 5 nitrogen and oxygen atoms in total. The molecule has 0 unspecified atom stereocenters. The number of piperidine rings is 1. The predicted octanol–water partition coefficient (Wildman–Crippen LogP) is 3.78. The van der Waals surface area contributed by atoms with Crippen LogP contribution in [0.15, 0.2) is 12.1 Å². The van der Waals surface area contributed by atoms with Gasteiger partial charge in [-0.1, -0.05) is 11.6 Å². The molecule has 1 fully saturated rings. The number of carbonyl (C=O) groups is 2. The third-order valence-corrected chi connectivity index (χ3v) is 4.84. The second-order valence-electron chi connectivity index (χ2n) is 6.72. The van der Waals surface area contributed by atoms with E-state index < -0.39 is 5.60 Å². The minimum atomic E-state index is -0.468. The van der Waals surface area contributed by atoms with Gasteiger partial charge in [0.1, 0.15) is 5.60 Å². The van der Waals surface area contributed by atoms with E-state index in [1.54, 1.807) is 17.0 Å². The Morgan fingerprint density at radius 2 is 2.00 bits per heavy atom. The normalized spacial score (nSPS) is 16.3. The number of thiophene rings is 1. The molecule has 23 heavy (non-hydrogen) atoms. The SMILES string of the molecule is CC(C)(C)OC(=O)N1CCC(CNC(=O)c2ccc(Cl)s2)CC1. The van der Waals surface area contributed by atoms with Crippen LogP contribution < -0.4 is 5.32 Å². The highest BCUT2D eigenvalue weighted by Crippen LogP contribution is 2.22. The Morgan fingerprint density at radius 1 is 1.35 bits per heavy atom. The predicted molar refractivity (Wildman–Crippen MR) is 92.2 cm³/mol. The van der Waals surface area contributed by atoms with Gasteiger partial charge in [0.05, 0.1) is 9.21 Å². The van der Waals surface area contributed by atoms with Crippen molar-refractivity contribution in [2.75, 3.05) is 19.6 Å². The third-order valence-electron chi connectivity index (χ3n) is 3.61. The molecular formula is C16H23ClN2O3S. The van der Waals surface area contributed by atoms with Crippen LogP contribution >= 0.6 is 22.9 Å². The Labute approximate surface area is 145 Å². The summed E-state index contributed by atoms with van der Waals surface area (Å²) in [6, 6.07) is 3.45. The number of ether oxygens (including phenoxy) is 1. The van der Waals surface area contributed by atoms with E-state index in [0.717, 1.165) is 12.8 Å². The van der Waals surface area contributed by atoms with Crippen molar-refractivity contribution in [3.05, 3.63) is 21.3 Å². The molecule has 0 atom stereocenters. The van der Waals surface area contributed by atoms with Crippen LogP contribution in [-0.4, -0.2) is 42.1 Å². The topological polar surface area (TPSA) is 58.6 Å². The molecule has 1 saturated heterocycles. The first kappa shape index (κ1) is 18.1. The highest BCUT2D eigenvalue weighted by Gasteiger charge is 2.27. The zero-order chi connectivity index (χ0) is 17.0. The maximum Gasteiger partial charge on any atom is 0.410 e. The Balaban J connectivity index is 1.72. The smallest absolute Gasteiger partial charge is 0.410 e. The Morgan fingerprint density at radius 3 is 2.52 bits per heavy atom. The van der Waals surface area contributed by atoms with E-state index >= 15 is 0 Å². The second kappa shape index (κ2) is 7.53. The average molecular weight is 359 g/mol. The standard InChI is InChI=1S/C16H23ClN2O3S/c1-16(2,3)22-15(21)19-8-6-11(7-9-19)10-18-14(20)12-4-5-13(17)23-12/h4-5,11H,6-10H2,1-3H3,(H,18,20). The molecular weight excluding hydrogens is 336 g/mol. The molecule has 1 N–H and O–H groups in total. The Hall–Kier alpha value is -1.27. The molecule has 2 rings (SSSR count). The molecule has 0 radical (unpaired) electrons. The number of amides is 2. The molecule has 1 aliphatic rings. The van der Waals surface area contributed by atoms with E-state index in [2.05, 4.69) is 5.32 Å². The average Bonchev–Trinajstić information content (AvgIpc) is 2.90. The largest absolute Gasteiger partial charge is 0.444 e. The molecule has 1 aromatic heterocycles. The van der Waals surface area contributed by atoms with Crippen molar-refractivity contribution in [2.45, 2.75) is 39.2 Å². The number of halogens is 1. The number of likely N-dealkylation sites (tertiary alicyclic amines) is 1. The van der Waals surface area contributed by atoms with Gasteiger partial charge in [-0.05, 0) is 51.7 Å². The summed E-state index contributed by atoms with van der Waals surface area (Å²) in [6.07, 6.45) is 1.48. The first-order chi connectivity index (χ1) is 10.7. The number of hydrogen-bond acceptors (Lipinski definition) is 4. The van der Waals surface area contributed by atoms with Gasteiger partial charge in [0.15, 0.2) is 0 Å². The lowest BCUT2D eigenvalue weighted by Crippen LogP contribution is -2.43. The van der Waals surface area contributed by atoms with Crippen molar-refractivity contribution in [2.24, 2.45) is 5.92 Å². The highest BCUT2D eigenvalue weighted by atomic mass is 35.5. The summed E-state index contributed by atoms with van der Waals surface area (Å²) in [5, 5.41) is 2.94. The molecule has 1 aromatic rings. The molecule has 1 aliphatic heterocycles. The molecule has 0 aromatic carbocycles. The lowest BCUT2D eigenvalue weighted by Gasteiger charge is -2.33. The van der Waals surface area contributed by atoms with E-state index in [0.29, 0.717) is 34.8 Å². The van der Waals surface area contributed by atoms with Crippen molar-refractivity contribution < 1.29 is 14.3 Å². The zero-order valence-electron chi connectivity index (χ0n) is 13.7. The van der Waals surface area contributed by atoms with E-state index in [9.17, 15) is 9.59 Å². The first-order valence-corrected chi connectivity index (χ1v) is 8.95. The van der Waals surface area contributed by atoms with Gasteiger partial charge in [-0.2, -0.15) is 0 Å². The van der Waals surface area contributed by atoms with Crippen molar-refractivity contribution in [3.63, 3.8) is 0 Å². The number of hydrogen-bond donors (Lipinski definition) is 1. The number of carbonyl (C=O) groups excluding carboxylic acids is 2. The van der Waals surface area contributed by atoms with Crippen LogP contribution in [0.5, 0.6) is 0 Å². The molecule has 0 bridgehead atoms. The van der Waals surface area contributed by atoms with Crippen LogP contribution in [0, 0.1) is 5.92 Å². The van der Waals surface area contributed by atoms with Gasteiger partial charge in [-0.15, -0.1) is 11.3 Å². The second-order valence-corrected chi connectivity index (χ2v) is 8.44. The maximum atomic E-state index is 12.0. The molecule has 2 amide bonds. The van der Waals surface area contributed by atoms with Crippen LogP contribution in [-0.2, 0) is 4.74 Å². The lowest BCUT2D eigenvalue weighted by atomic mass is 9.97. The van der Waals surface area contributed by atoms with E-state index in [4.69, 9.17) is 16.3 Å². The van der Waals surface area contributed by atoms with Gasteiger partial charge >= 0.3 is 6.09 Å². The summed E-state index contributed by atoms with van der Waals surface area (Å²) >= 11 is 7.11. The van der Waals surface area contributed by atoms with Gasteiger partial charge in [0, 0.05) is 19.6 Å². The molecule has 2 heterocycles. The van der Waals surface area contributed by atoms with Crippen molar-refractivity contribution in [1.82, 2.24) is 10.2 Å². The minimum Gasteiger partial charge on any atom is -0.444 e. The summed E-state index contributed by atoms with van der Waals surface area (Å²) in [4.78, 5) is 26.3. The quantitative estimate of drug-likeness (QED) is 0.894. The number of rotatable bonds is 3. The van der Waals surface area contributed by atoms with Crippen LogP contribution in [0.2, 0.25) is 4.34 Å². The zero-order valence-corrected chi connectivity index (χ0v) is 15.3. The number of nitrogens with zero attached hydrogens (tertiary/aromatic N) is 1. The fourth-order valence-corrected chi connectivity index (χ4v) is 3.37. The summed E-state index contributed by atoms with van der Waals surface area (Å²) < 4.78 is 5.99. The molecule has 128 valence electrons. The van der Waals surface area contributed by atoms with Gasteiger partial charge < -0.3 is 15.0 Å². The van der Waals surface area contributed by atoms with E-state index in [1.165, 1.54) is 11.3 Å². The maximum absolute atomic E-state index is 12.0. The third kappa shape index (κ3) is 5.70. The number of nitrogens with one attached hydrogen (secondary N) is 1. The van der Waals surface area contributed by atoms with Gasteiger partial charge in [-0.3, -0.25) is 4.79 Å². The van der Waals surface area contributed by atoms with Gasteiger partial charge in [-0.25, -0.2) is 4.79 Å². The van der Waals surface area contributed by atoms with E-state index in [1.807, 2.05) is 20.8 Å². The minimum absolute atomic E-state index is 0.0866. The summed E-state index contributed by atoms with van der Waals surface area (Å²) in [5.41, 5.74) is -0.468. The van der Waals surface area contributed by atoms with Crippen LogP contribution in [0.3, 0.4) is 0 Å². The van der Waals surface area contributed by atoms with Crippen molar-refractivity contribution in [1.29, 1.82) is 0 Å². The monoisotopic (exact) mass is 358 g/mol. The summed E-state index contributed by atoms with van der Waals surface area (Å²) in [5.74, 6) is 0.296. The first-order valence-electron chi connectivity index (χ1n) is 7.76. The lowest BCUT2D eigenvalue weighted by molar-refractivity contribution is 0.0183.